The zero-order valence-corrected chi connectivity index (χ0v) is 18.8. The number of carbonyl (C=O) groups is 2. The second kappa shape index (κ2) is 7.34. The molecule has 5 saturated carbocycles. The number of Topliss-reactive ketones (excluding diaryl/α,β-unsaturated/α-hetero) is 1. The first-order valence-electron chi connectivity index (χ1n) is 11.5. The number of ketones is 1. The Morgan fingerprint density at radius 2 is 1.59 bits per heavy atom. The van der Waals surface area contributed by atoms with E-state index in [1.165, 1.54) is 0 Å². The van der Waals surface area contributed by atoms with Crippen molar-refractivity contribution in [3.05, 3.63) is 29.8 Å². The summed E-state index contributed by atoms with van der Waals surface area (Å²) in [5.41, 5.74) is 4.74. The number of hydrogen-bond acceptors (Lipinski definition) is 4. The van der Waals surface area contributed by atoms with E-state index in [0.29, 0.717) is 43.1 Å². The van der Waals surface area contributed by atoms with E-state index in [-0.39, 0.29) is 40.1 Å². The molecule has 0 aliphatic heterocycles. The molecule has 1 aromatic carbocycles. The third kappa shape index (κ3) is 3.68. The number of benzene rings is 1. The molecule has 1 aromatic rings. The average Bonchev–Trinajstić information content (AvgIpc) is 3.49. The summed E-state index contributed by atoms with van der Waals surface area (Å²) < 4.78 is 52.2. The number of nitrogens with two attached hydrogens (primary N) is 1. The first-order chi connectivity index (χ1) is 15.0. The number of primary amides is 1. The van der Waals surface area contributed by atoms with Crippen molar-refractivity contribution in [2.24, 2.45) is 40.2 Å². The summed E-state index contributed by atoms with van der Waals surface area (Å²) in [6.45, 7) is 0. The number of hydrogen-bond donors (Lipinski definition) is 1. The van der Waals surface area contributed by atoms with Crippen molar-refractivity contribution in [1.29, 1.82) is 0 Å². The van der Waals surface area contributed by atoms with Crippen LogP contribution in [0.5, 0.6) is 0 Å². The van der Waals surface area contributed by atoms with Gasteiger partial charge in [0.2, 0.25) is 5.91 Å². The summed E-state index contributed by atoms with van der Waals surface area (Å²) in [5.74, 6) is -0.793. The van der Waals surface area contributed by atoms with Gasteiger partial charge in [-0.2, -0.15) is 0 Å². The first-order valence-corrected chi connectivity index (χ1v) is 13.2. The van der Waals surface area contributed by atoms with Crippen LogP contribution in [0.4, 0.5) is 8.78 Å². The highest BCUT2D eigenvalue weighted by molar-refractivity contribution is 7.91. The standard InChI is InChI=1S/C24H29F2NO4S/c25-17-7-18(26)9-19(8-17)32(30,31)4-3-23(1-2-23)21(28)10-20-15-5-14-6-16(20)13-24(11-14,12-15)22(27)29/h7-9,14-16,20H,1-6,10-13H2,(H2,27,29). The Bertz CT molecular complexity index is 1050. The van der Waals surface area contributed by atoms with Crippen LogP contribution in [0.2, 0.25) is 0 Å². The molecule has 5 nitrogen and oxygen atoms in total. The van der Waals surface area contributed by atoms with E-state index in [1.54, 1.807) is 0 Å². The van der Waals surface area contributed by atoms with Crippen molar-refractivity contribution >= 4 is 21.5 Å². The second-order valence-corrected chi connectivity index (χ2v) is 13.0. The lowest BCUT2D eigenvalue weighted by Gasteiger charge is -2.59. The number of halogens is 2. The summed E-state index contributed by atoms with van der Waals surface area (Å²) in [4.78, 5) is 25.1. The number of amides is 1. The molecule has 4 bridgehead atoms. The predicted molar refractivity (Wildman–Crippen MR) is 113 cm³/mol. The van der Waals surface area contributed by atoms with Gasteiger partial charge < -0.3 is 5.73 Å². The van der Waals surface area contributed by atoms with Crippen molar-refractivity contribution in [2.45, 2.75) is 62.7 Å². The minimum atomic E-state index is -3.88. The maximum Gasteiger partial charge on any atom is 0.223 e. The van der Waals surface area contributed by atoms with Crippen LogP contribution in [0.15, 0.2) is 23.1 Å². The molecular weight excluding hydrogens is 436 g/mol. The summed E-state index contributed by atoms with van der Waals surface area (Å²) in [5, 5.41) is 0. The molecule has 2 unspecified atom stereocenters. The minimum Gasteiger partial charge on any atom is -0.369 e. The van der Waals surface area contributed by atoms with E-state index in [2.05, 4.69) is 0 Å². The molecular formula is C24H29F2NO4S. The number of sulfone groups is 1. The van der Waals surface area contributed by atoms with Gasteiger partial charge in [-0.15, -0.1) is 0 Å². The molecule has 2 atom stereocenters. The van der Waals surface area contributed by atoms with Crippen LogP contribution >= 0.6 is 0 Å². The van der Waals surface area contributed by atoms with Gasteiger partial charge >= 0.3 is 0 Å². The third-order valence-corrected chi connectivity index (χ3v) is 10.6. The molecule has 0 saturated heterocycles. The van der Waals surface area contributed by atoms with E-state index >= 15 is 0 Å². The van der Waals surface area contributed by atoms with Crippen LogP contribution < -0.4 is 5.73 Å². The van der Waals surface area contributed by atoms with Crippen molar-refractivity contribution in [3.63, 3.8) is 0 Å². The predicted octanol–water partition coefficient (Wildman–Crippen LogP) is 3.80. The quantitative estimate of drug-likeness (QED) is 0.632. The Morgan fingerprint density at radius 1 is 1.00 bits per heavy atom. The molecule has 0 heterocycles. The maximum absolute atomic E-state index is 13.5. The number of carbonyl (C=O) groups excluding carboxylic acids is 2. The second-order valence-electron chi connectivity index (χ2n) is 10.9. The normalized spacial score (nSPS) is 34.4. The topological polar surface area (TPSA) is 94.3 Å². The smallest absolute Gasteiger partial charge is 0.223 e. The van der Waals surface area contributed by atoms with Crippen LogP contribution in [0.25, 0.3) is 0 Å². The van der Waals surface area contributed by atoms with E-state index in [1.807, 2.05) is 0 Å². The molecule has 174 valence electrons. The molecule has 6 rings (SSSR count). The molecule has 5 fully saturated rings. The SMILES string of the molecule is NC(=O)C12CC3CC(C1)C(CC(=O)C1(CCS(=O)(=O)c4cc(F)cc(F)c4)CC1)C(C3)C2. The average molecular weight is 466 g/mol. The van der Waals surface area contributed by atoms with Crippen LogP contribution in [0.3, 0.4) is 0 Å². The fourth-order valence-corrected chi connectivity index (χ4v) is 8.65. The van der Waals surface area contributed by atoms with Gasteiger partial charge in [0.25, 0.3) is 0 Å². The van der Waals surface area contributed by atoms with Crippen LogP contribution in [-0.4, -0.2) is 25.9 Å². The first kappa shape index (κ1) is 22.0. The van der Waals surface area contributed by atoms with Gasteiger partial charge in [-0.25, -0.2) is 17.2 Å². The molecule has 0 radical (unpaired) electrons. The lowest BCUT2D eigenvalue weighted by molar-refractivity contribution is -0.152. The molecule has 2 N–H and O–H groups in total. The molecule has 8 heteroatoms. The lowest BCUT2D eigenvalue weighted by Crippen LogP contribution is -2.56. The van der Waals surface area contributed by atoms with Gasteiger partial charge in [0.1, 0.15) is 17.4 Å². The summed E-state index contributed by atoms with van der Waals surface area (Å²) >= 11 is 0. The van der Waals surface area contributed by atoms with Crippen LogP contribution in [0.1, 0.15) is 57.8 Å². The van der Waals surface area contributed by atoms with E-state index < -0.39 is 26.9 Å². The van der Waals surface area contributed by atoms with Crippen molar-refractivity contribution in [3.8, 4) is 0 Å². The van der Waals surface area contributed by atoms with Crippen LogP contribution in [0, 0.1) is 46.1 Å². The molecule has 1 amide bonds. The van der Waals surface area contributed by atoms with E-state index in [0.717, 1.165) is 44.2 Å². The van der Waals surface area contributed by atoms with Gasteiger partial charge in [0.05, 0.1) is 10.6 Å². The van der Waals surface area contributed by atoms with Crippen molar-refractivity contribution in [2.75, 3.05) is 5.75 Å². The summed E-state index contributed by atoms with van der Waals surface area (Å²) in [6.07, 6.45) is 6.49. The van der Waals surface area contributed by atoms with Gasteiger partial charge in [0, 0.05) is 23.3 Å². The zero-order chi connectivity index (χ0) is 22.9. The Balaban J connectivity index is 1.25. The van der Waals surface area contributed by atoms with Gasteiger partial charge in [-0.05, 0) is 87.2 Å². The Kier molecular flexibility index (Phi) is 5.04. The van der Waals surface area contributed by atoms with Crippen molar-refractivity contribution in [1.82, 2.24) is 0 Å². The summed E-state index contributed by atoms with van der Waals surface area (Å²) in [7, 11) is -3.88. The Labute approximate surface area is 187 Å². The highest BCUT2D eigenvalue weighted by Crippen LogP contribution is 2.63. The van der Waals surface area contributed by atoms with Crippen molar-refractivity contribution < 1.29 is 26.8 Å². The maximum atomic E-state index is 13.5. The zero-order valence-electron chi connectivity index (χ0n) is 18.0. The van der Waals surface area contributed by atoms with Gasteiger partial charge in [-0.3, -0.25) is 9.59 Å². The van der Waals surface area contributed by atoms with E-state index in [9.17, 15) is 26.8 Å². The molecule has 5 aliphatic carbocycles. The van der Waals surface area contributed by atoms with E-state index in [4.69, 9.17) is 5.73 Å². The molecule has 0 aromatic heterocycles. The minimum absolute atomic E-state index is 0.115. The van der Waals surface area contributed by atoms with Crippen LogP contribution in [-0.2, 0) is 19.4 Å². The highest BCUT2D eigenvalue weighted by atomic mass is 32.2. The third-order valence-electron chi connectivity index (χ3n) is 8.90. The molecule has 0 spiro atoms. The Hall–Kier alpha value is -1.83. The van der Waals surface area contributed by atoms with Gasteiger partial charge in [-0.1, -0.05) is 0 Å². The van der Waals surface area contributed by atoms with Gasteiger partial charge in [0.15, 0.2) is 9.84 Å². The summed E-state index contributed by atoms with van der Waals surface area (Å²) in [6, 6.07) is 2.28. The fraction of sp³-hybridized carbons (Fsp3) is 0.667. The monoisotopic (exact) mass is 465 g/mol. The fourth-order valence-electron chi connectivity index (χ4n) is 7.17. The molecule has 5 aliphatic rings. The highest BCUT2D eigenvalue weighted by Gasteiger charge is 2.59. The Morgan fingerprint density at radius 3 is 2.12 bits per heavy atom. The molecule has 32 heavy (non-hydrogen) atoms. The largest absolute Gasteiger partial charge is 0.369 e. The number of rotatable bonds is 8. The lowest BCUT2D eigenvalue weighted by atomic mass is 9.45.